The number of amides is 1. The van der Waals surface area contributed by atoms with Gasteiger partial charge in [-0.3, -0.25) is 4.79 Å². The average Bonchev–Trinajstić information content (AvgIpc) is 2.74. The Hall–Kier alpha value is -3.21. The number of carbonyl (C=O) groups excluding carboxylic acids is 1. The van der Waals surface area contributed by atoms with Crippen LogP contribution in [0.1, 0.15) is 47.3 Å². The number of ketones is 1. The fraction of sp³-hybridized carbons (Fsp3) is 0.280. The van der Waals surface area contributed by atoms with Crippen molar-refractivity contribution in [1.82, 2.24) is 4.90 Å². The van der Waals surface area contributed by atoms with Gasteiger partial charge in [0.2, 0.25) is 0 Å². The highest BCUT2D eigenvalue weighted by Gasteiger charge is 2.28. The molecule has 0 fully saturated rings. The Labute approximate surface area is 174 Å². The van der Waals surface area contributed by atoms with Gasteiger partial charge in [-0.05, 0) is 48.3 Å². The topological polar surface area (TPSA) is 57.6 Å². The first-order valence-electron chi connectivity index (χ1n) is 10.2. The zero-order valence-electron chi connectivity index (χ0n) is 16.8. The van der Waals surface area contributed by atoms with Gasteiger partial charge in [0.1, 0.15) is 5.82 Å². The standard InChI is InChI=1S/C25H24FNO3/c1-16(19-10-11-23(26)22-9-5-4-8-21(19)22)27(25(29)30)13-12-17-14-18-6-2-3-7-20(18)24(28)15-17/h2-11,16-17H,12-15H2,1H3,(H,29,30)/t16-,17?/m1/s1. The molecule has 4 rings (SSSR count). The number of carboxylic acid groups (broad SMARTS) is 1. The minimum Gasteiger partial charge on any atom is -0.465 e. The van der Waals surface area contributed by atoms with E-state index in [-0.39, 0.29) is 17.5 Å². The first kappa shape index (κ1) is 20.1. The van der Waals surface area contributed by atoms with Crippen molar-refractivity contribution < 1.29 is 19.1 Å². The Balaban J connectivity index is 1.54. The maximum Gasteiger partial charge on any atom is 0.407 e. The summed E-state index contributed by atoms with van der Waals surface area (Å²) in [6.45, 7) is 2.15. The Morgan fingerprint density at radius 2 is 1.77 bits per heavy atom. The van der Waals surface area contributed by atoms with Gasteiger partial charge in [0.25, 0.3) is 0 Å². The Morgan fingerprint density at radius 3 is 2.53 bits per heavy atom. The molecule has 1 aliphatic rings. The van der Waals surface area contributed by atoms with Crippen molar-refractivity contribution in [1.29, 1.82) is 0 Å². The summed E-state index contributed by atoms with van der Waals surface area (Å²) >= 11 is 0. The molecule has 1 amide bonds. The molecular formula is C25H24FNO3. The molecule has 5 heteroatoms. The largest absolute Gasteiger partial charge is 0.465 e. The highest BCUT2D eigenvalue weighted by molar-refractivity contribution is 5.98. The Bertz CT molecular complexity index is 1110. The molecule has 154 valence electrons. The zero-order valence-corrected chi connectivity index (χ0v) is 16.8. The molecule has 30 heavy (non-hydrogen) atoms. The second kappa shape index (κ2) is 8.27. The van der Waals surface area contributed by atoms with E-state index in [1.165, 1.54) is 11.0 Å². The lowest BCUT2D eigenvalue weighted by molar-refractivity contribution is 0.0936. The van der Waals surface area contributed by atoms with E-state index in [1.807, 2.05) is 43.3 Å². The summed E-state index contributed by atoms with van der Waals surface area (Å²) in [6.07, 6.45) is 0.815. The maximum atomic E-state index is 14.2. The van der Waals surface area contributed by atoms with Crippen LogP contribution in [0.5, 0.6) is 0 Å². The molecule has 0 saturated carbocycles. The Kier molecular flexibility index (Phi) is 5.53. The number of hydrogen-bond donors (Lipinski definition) is 1. The summed E-state index contributed by atoms with van der Waals surface area (Å²) in [4.78, 5) is 25.9. The molecule has 0 aliphatic heterocycles. The van der Waals surface area contributed by atoms with Crippen LogP contribution in [0.3, 0.4) is 0 Å². The quantitative estimate of drug-likeness (QED) is 0.579. The predicted molar refractivity (Wildman–Crippen MR) is 114 cm³/mol. The van der Waals surface area contributed by atoms with Gasteiger partial charge in [-0.25, -0.2) is 9.18 Å². The van der Waals surface area contributed by atoms with E-state index in [0.717, 1.165) is 28.5 Å². The third-order valence-electron chi connectivity index (χ3n) is 6.15. The van der Waals surface area contributed by atoms with Crippen LogP contribution in [0.4, 0.5) is 9.18 Å². The number of carbonyl (C=O) groups is 2. The van der Waals surface area contributed by atoms with Crippen molar-refractivity contribution >= 4 is 22.6 Å². The molecule has 3 aromatic carbocycles. The van der Waals surface area contributed by atoms with Gasteiger partial charge in [0, 0.05) is 23.9 Å². The van der Waals surface area contributed by atoms with E-state index in [0.29, 0.717) is 24.8 Å². The van der Waals surface area contributed by atoms with Gasteiger partial charge >= 0.3 is 6.09 Å². The number of fused-ring (bicyclic) bond motifs is 2. The second-order valence-electron chi connectivity index (χ2n) is 7.98. The fourth-order valence-corrected chi connectivity index (χ4v) is 4.52. The molecule has 3 aromatic rings. The second-order valence-corrected chi connectivity index (χ2v) is 7.98. The van der Waals surface area contributed by atoms with Crippen molar-refractivity contribution in [2.24, 2.45) is 5.92 Å². The summed E-state index contributed by atoms with van der Waals surface area (Å²) in [5.41, 5.74) is 2.60. The van der Waals surface area contributed by atoms with Gasteiger partial charge in [-0.2, -0.15) is 0 Å². The minimum atomic E-state index is -1.02. The van der Waals surface area contributed by atoms with Gasteiger partial charge in [0.15, 0.2) is 5.78 Å². The van der Waals surface area contributed by atoms with Crippen molar-refractivity contribution in [3.8, 4) is 0 Å². The number of halogens is 1. The SMILES string of the molecule is C[C@H](c1ccc(F)c2ccccc12)N(CCC1CC(=O)c2ccccc2C1)C(=O)O. The van der Waals surface area contributed by atoms with Gasteiger partial charge < -0.3 is 10.0 Å². The Morgan fingerprint density at radius 1 is 1.07 bits per heavy atom. The first-order chi connectivity index (χ1) is 14.5. The number of benzene rings is 3. The van der Waals surface area contributed by atoms with E-state index in [1.54, 1.807) is 18.2 Å². The number of hydrogen-bond acceptors (Lipinski definition) is 2. The fourth-order valence-electron chi connectivity index (χ4n) is 4.52. The molecule has 0 aromatic heterocycles. The smallest absolute Gasteiger partial charge is 0.407 e. The van der Waals surface area contributed by atoms with Crippen LogP contribution >= 0.6 is 0 Å². The molecule has 1 unspecified atom stereocenters. The van der Waals surface area contributed by atoms with E-state index in [2.05, 4.69) is 0 Å². The van der Waals surface area contributed by atoms with E-state index in [9.17, 15) is 19.1 Å². The molecule has 0 heterocycles. The minimum absolute atomic E-state index is 0.117. The molecular weight excluding hydrogens is 381 g/mol. The van der Waals surface area contributed by atoms with E-state index in [4.69, 9.17) is 0 Å². The van der Waals surface area contributed by atoms with Crippen molar-refractivity contribution in [3.05, 3.63) is 83.2 Å². The van der Waals surface area contributed by atoms with Crippen LogP contribution in [-0.2, 0) is 6.42 Å². The lowest BCUT2D eigenvalue weighted by Crippen LogP contribution is -2.35. The molecule has 4 nitrogen and oxygen atoms in total. The van der Waals surface area contributed by atoms with Gasteiger partial charge in [-0.15, -0.1) is 0 Å². The zero-order chi connectivity index (χ0) is 21.3. The summed E-state index contributed by atoms with van der Waals surface area (Å²) in [5.74, 6) is -0.0736. The van der Waals surface area contributed by atoms with E-state index < -0.39 is 12.1 Å². The van der Waals surface area contributed by atoms with Crippen LogP contribution in [0.2, 0.25) is 0 Å². The molecule has 0 radical (unpaired) electrons. The summed E-state index contributed by atoms with van der Waals surface area (Å²) in [5, 5.41) is 11.1. The summed E-state index contributed by atoms with van der Waals surface area (Å²) in [7, 11) is 0. The third-order valence-corrected chi connectivity index (χ3v) is 6.15. The van der Waals surface area contributed by atoms with Crippen molar-refractivity contribution in [3.63, 3.8) is 0 Å². The third kappa shape index (κ3) is 3.80. The highest BCUT2D eigenvalue weighted by atomic mass is 19.1. The lowest BCUT2D eigenvalue weighted by Gasteiger charge is -2.30. The lowest BCUT2D eigenvalue weighted by atomic mass is 9.81. The number of Topliss-reactive ketones (excluding diaryl/α,β-unsaturated/α-hetero) is 1. The molecule has 0 bridgehead atoms. The monoisotopic (exact) mass is 405 g/mol. The highest BCUT2D eigenvalue weighted by Crippen LogP contribution is 2.32. The maximum absolute atomic E-state index is 14.2. The number of nitrogens with zero attached hydrogens (tertiary/aromatic N) is 1. The molecule has 2 atom stereocenters. The molecule has 0 spiro atoms. The number of rotatable bonds is 5. The van der Waals surface area contributed by atoms with Crippen LogP contribution in [0, 0.1) is 11.7 Å². The van der Waals surface area contributed by atoms with Crippen molar-refractivity contribution in [2.75, 3.05) is 6.54 Å². The summed E-state index contributed by atoms with van der Waals surface area (Å²) < 4.78 is 14.2. The van der Waals surface area contributed by atoms with Crippen LogP contribution in [0.25, 0.3) is 10.8 Å². The molecule has 0 saturated heterocycles. The molecule has 1 N–H and O–H groups in total. The van der Waals surface area contributed by atoms with Crippen LogP contribution < -0.4 is 0 Å². The summed E-state index contributed by atoms with van der Waals surface area (Å²) in [6, 6.07) is 17.4. The predicted octanol–water partition coefficient (Wildman–Crippen LogP) is 5.86. The van der Waals surface area contributed by atoms with E-state index >= 15 is 0 Å². The van der Waals surface area contributed by atoms with Crippen molar-refractivity contribution in [2.45, 2.75) is 32.2 Å². The normalized spacial score (nSPS) is 16.9. The van der Waals surface area contributed by atoms with Gasteiger partial charge in [-0.1, -0.05) is 54.6 Å². The van der Waals surface area contributed by atoms with Crippen LogP contribution in [0.15, 0.2) is 60.7 Å². The van der Waals surface area contributed by atoms with Crippen LogP contribution in [-0.4, -0.2) is 28.4 Å². The first-order valence-corrected chi connectivity index (χ1v) is 10.2. The average molecular weight is 405 g/mol. The van der Waals surface area contributed by atoms with Gasteiger partial charge in [0.05, 0.1) is 6.04 Å². The molecule has 1 aliphatic carbocycles.